The van der Waals surface area contributed by atoms with Crippen molar-refractivity contribution in [3.05, 3.63) is 30.3 Å². The number of hydrogen-bond acceptors (Lipinski definition) is 4. The van der Waals surface area contributed by atoms with E-state index in [0.29, 0.717) is 6.10 Å². The number of hydrogen-bond donors (Lipinski definition) is 1. The van der Waals surface area contributed by atoms with Crippen LogP contribution in [-0.4, -0.2) is 69.7 Å². The molecule has 26 heavy (non-hydrogen) atoms. The van der Waals surface area contributed by atoms with Crippen LogP contribution in [0.25, 0.3) is 0 Å². The number of guanidine groups is 1. The second kappa shape index (κ2) is 14.5. The van der Waals surface area contributed by atoms with Crippen LogP contribution in [0.2, 0.25) is 0 Å². The molecule has 1 aliphatic rings. The fourth-order valence-corrected chi connectivity index (χ4v) is 3.66. The Balaban J connectivity index is 0.00000338. The molecule has 0 unspecified atom stereocenters. The molecule has 148 valence electrons. The van der Waals surface area contributed by atoms with E-state index < -0.39 is 0 Å². The number of likely N-dealkylation sites (tertiary alicyclic amines) is 1. The van der Waals surface area contributed by atoms with Crippen molar-refractivity contribution < 1.29 is 9.47 Å². The molecule has 1 saturated heterocycles. The Bertz CT molecular complexity index is 497. The number of halogens is 1. The summed E-state index contributed by atoms with van der Waals surface area (Å²) >= 11 is 1.87. The first-order valence-electron chi connectivity index (χ1n) is 9.07. The first kappa shape index (κ1) is 23.5. The van der Waals surface area contributed by atoms with Crippen LogP contribution in [-0.2, 0) is 9.47 Å². The highest BCUT2D eigenvalue weighted by Gasteiger charge is 2.21. The summed E-state index contributed by atoms with van der Waals surface area (Å²) in [4.78, 5) is 8.08. The van der Waals surface area contributed by atoms with Gasteiger partial charge in [-0.2, -0.15) is 0 Å². The van der Waals surface area contributed by atoms with E-state index in [1.807, 2.05) is 18.8 Å². The summed E-state index contributed by atoms with van der Waals surface area (Å²) < 4.78 is 11.0. The molecule has 1 heterocycles. The molecule has 0 bridgehead atoms. The van der Waals surface area contributed by atoms with Gasteiger partial charge in [-0.05, 0) is 31.4 Å². The number of rotatable bonds is 9. The third-order valence-corrected chi connectivity index (χ3v) is 5.21. The second-order valence-electron chi connectivity index (χ2n) is 6.04. The van der Waals surface area contributed by atoms with E-state index >= 15 is 0 Å². The minimum Gasteiger partial charge on any atom is -0.385 e. The third-order valence-electron chi connectivity index (χ3n) is 4.20. The summed E-state index contributed by atoms with van der Waals surface area (Å²) in [5.41, 5.74) is 0. The lowest BCUT2D eigenvalue weighted by atomic mass is 10.1. The smallest absolute Gasteiger partial charge is 0.193 e. The number of benzene rings is 1. The molecule has 0 amide bonds. The molecule has 1 aliphatic heterocycles. The molecule has 1 fully saturated rings. The number of thioether (sulfide) groups is 1. The van der Waals surface area contributed by atoms with Crippen molar-refractivity contribution in [1.29, 1.82) is 0 Å². The third kappa shape index (κ3) is 8.92. The van der Waals surface area contributed by atoms with Crippen LogP contribution < -0.4 is 5.32 Å². The maximum absolute atomic E-state index is 5.92. The minimum atomic E-state index is 0. The van der Waals surface area contributed by atoms with Gasteiger partial charge in [0.15, 0.2) is 5.96 Å². The van der Waals surface area contributed by atoms with Gasteiger partial charge in [-0.15, -0.1) is 35.7 Å². The van der Waals surface area contributed by atoms with Gasteiger partial charge in [-0.25, -0.2) is 0 Å². The van der Waals surface area contributed by atoms with Crippen molar-refractivity contribution in [2.24, 2.45) is 4.99 Å². The Labute approximate surface area is 179 Å². The number of nitrogens with zero attached hydrogens (tertiary/aromatic N) is 2. The molecule has 0 aromatic heterocycles. The first-order chi connectivity index (χ1) is 12.3. The predicted octanol–water partition coefficient (Wildman–Crippen LogP) is 3.49. The number of ether oxygens (including phenoxy) is 2. The van der Waals surface area contributed by atoms with E-state index in [4.69, 9.17) is 9.47 Å². The highest BCUT2D eigenvalue weighted by Crippen LogP contribution is 2.16. The highest BCUT2D eigenvalue weighted by molar-refractivity contribution is 14.0. The van der Waals surface area contributed by atoms with E-state index in [1.165, 1.54) is 4.90 Å². The van der Waals surface area contributed by atoms with Crippen molar-refractivity contribution in [2.45, 2.75) is 30.3 Å². The van der Waals surface area contributed by atoms with Crippen molar-refractivity contribution in [1.82, 2.24) is 10.2 Å². The zero-order valence-electron chi connectivity index (χ0n) is 15.9. The SMILES string of the molecule is CN=C(NCCSc1ccccc1)N1CCC(OCCCOC)CC1.I. The molecular weight excluding hydrogens is 461 g/mol. The van der Waals surface area contributed by atoms with Crippen LogP contribution in [0, 0.1) is 0 Å². The van der Waals surface area contributed by atoms with Crippen LogP contribution in [0.4, 0.5) is 0 Å². The fraction of sp³-hybridized carbons (Fsp3) is 0.632. The van der Waals surface area contributed by atoms with Crippen molar-refractivity contribution in [2.75, 3.05) is 52.8 Å². The van der Waals surface area contributed by atoms with Crippen LogP contribution in [0.15, 0.2) is 40.2 Å². The maximum atomic E-state index is 5.92. The van der Waals surface area contributed by atoms with E-state index in [9.17, 15) is 0 Å². The zero-order valence-corrected chi connectivity index (χ0v) is 19.0. The average Bonchev–Trinajstić information content (AvgIpc) is 2.67. The summed E-state index contributed by atoms with van der Waals surface area (Å²) in [6, 6.07) is 10.5. The van der Waals surface area contributed by atoms with Gasteiger partial charge in [0.05, 0.1) is 6.10 Å². The van der Waals surface area contributed by atoms with E-state index in [1.54, 1.807) is 7.11 Å². The van der Waals surface area contributed by atoms with Crippen molar-refractivity contribution in [3.63, 3.8) is 0 Å². The van der Waals surface area contributed by atoms with Gasteiger partial charge in [0.25, 0.3) is 0 Å². The Morgan fingerprint density at radius 3 is 2.62 bits per heavy atom. The lowest BCUT2D eigenvalue weighted by Gasteiger charge is -2.34. The molecule has 2 rings (SSSR count). The molecule has 0 spiro atoms. The largest absolute Gasteiger partial charge is 0.385 e. The van der Waals surface area contributed by atoms with E-state index in [0.717, 1.165) is 63.8 Å². The Hall–Kier alpha value is -0.510. The minimum absolute atomic E-state index is 0. The molecule has 0 atom stereocenters. The highest BCUT2D eigenvalue weighted by atomic mass is 127. The summed E-state index contributed by atoms with van der Waals surface area (Å²) in [6.07, 6.45) is 3.47. The summed E-state index contributed by atoms with van der Waals surface area (Å²) in [6.45, 7) is 4.49. The number of nitrogens with one attached hydrogen (secondary N) is 1. The number of aliphatic imine (C=N–C) groups is 1. The van der Waals surface area contributed by atoms with Gasteiger partial charge in [-0.3, -0.25) is 4.99 Å². The molecule has 1 N–H and O–H groups in total. The lowest BCUT2D eigenvalue weighted by molar-refractivity contribution is 0.00993. The van der Waals surface area contributed by atoms with Crippen LogP contribution in [0.3, 0.4) is 0 Å². The summed E-state index contributed by atoms with van der Waals surface area (Å²) in [5, 5.41) is 3.48. The molecule has 0 saturated carbocycles. The Kier molecular flexibility index (Phi) is 13.2. The molecule has 7 heteroatoms. The molecule has 1 aromatic carbocycles. The average molecular weight is 493 g/mol. The topological polar surface area (TPSA) is 46.1 Å². The van der Waals surface area contributed by atoms with Crippen molar-refractivity contribution >= 4 is 41.7 Å². The second-order valence-corrected chi connectivity index (χ2v) is 7.21. The molecule has 1 aromatic rings. The summed E-state index contributed by atoms with van der Waals surface area (Å²) in [7, 11) is 3.59. The van der Waals surface area contributed by atoms with Crippen LogP contribution >= 0.6 is 35.7 Å². The first-order valence-corrected chi connectivity index (χ1v) is 10.1. The normalized spacial score (nSPS) is 15.6. The Morgan fingerprint density at radius 2 is 1.96 bits per heavy atom. The van der Waals surface area contributed by atoms with Crippen molar-refractivity contribution in [3.8, 4) is 0 Å². The number of piperidine rings is 1. The van der Waals surface area contributed by atoms with Gasteiger partial charge >= 0.3 is 0 Å². The van der Waals surface area contributed by atoms with Gasteiger partial charge in [0.1, 0.15) is 0 Å². The van der Waals surface area contributed by atoms with E-state index in [2.05, 4.69) is 45.5 Å². The molecule has 0 radical (unpaired) electrons. The monoisotopic (exact) mass is 493 g/mol. The van der Waals surface area contributed by atoms with Gasteiger partial charge in [0, 0.05) is 57.7 Å². The van der Waals surface area contributed by atoms with Crippen LogP contribution in [0.1, 0.15) is 19.3 Å². The van der Waals surface area contributed by atoms with Gasteiger partial charge in [-0.1, -0.05) is 18.2 Å². The van der Waals surface area contributed by atoms with E-state index in [-0.39, 0.29) is 24.0 Å². The lowest BCUT2D eigenvalue weighted by Crippen LogP contribution is -2.47. The molecular formula is C19H32IN3O2S. The number of methoxy groups -OCH3 is 1. The molecule has 0 aliphatic carbocycles. The quantitative estimate of drug-likeness (QED) is 0.188. The van der Waals surface area contributed by atoms with Gasteiger partial charge < -0.3 is 19.7 Å². The standard InChI is InChI=1S/C19H31N3O2S.HI/c1-20-19(21-11-16-25-18-7-4-3-5-8-18)22-12-9-17(10-13-22)24-15-6-14-23-2;/h3-5,7-8,17H,6,9-16H2,1-2H3,(H,20,21);1H. The zero-order chi connectivity index (χ0) is 17.7. The van der Waals surface area contributed by atoms with Crippen LogP contribution in [0.5, 0.6) is 0 Å². The fourth-order valence-electron chi connectivity index (χ4n) is 2.87. The molecule has 5 nitrogen and oxygen atoms in total. The Morgan fingerprint density at radius 1 is 1.23 bits per heavy atom. The maximum Gasteiger partial charge on any atom is 0.193 e. The summed E-state index contributed by atoms with van der Waals surface area (Å²) in [5.74, 6) is 2.04. The van der Waals surface area contributed by atoms with Gasteiger partial charge in [0.2, 0.25) is 0 Å². The predicted molar refractivity (Wildman–Crippen MR) is 121 cm³/mol.